The van der Waals surface area contributed by atoms with Crippen LogP contribution in [0.5, 0.6) is 0 Å². The maximum Gasteiger partial charge on any atom is 0.248 e. The smallest absolute Gasteiger partial charge is 0.248 e. The number of nitrogens with two attached hydrogens (primary N) is 1. The van der Waals surface area contributed by atoms with E-state index in [1.54, 1.807) is 0 Å². The Morgan fingerprint density at radius 2 is 2.04 bits per heavy atom. The molecule has 0 spiro atoms. The van der Waals surface area contributed by atoms with Gasteiger partial charge >= 0.3 is 0 Å². The highest BCUT2D eigenvalue weighted by molar-refractivity contribution is 5.79. The predicted molar refractivity (Wildman–Crippen MR) is 86.6 cm³/mol. The molecular formula is C17H28N4O2. The molecular weight excluding hydrogens is 292 g/mol. The molecule has 6 nitrogen and oxygen atoms in total. The molecule has 0 aliphatic heterocycles. The Morgan fingerprint density at radius 3 is 2.78 bits per heavy atom. The third kappa shape index (κ3) is 3.74. The van der Waals surface area contributed by atoms with Crippen molar-refractivity contribution < 1.29 is 9.32 Å². The Hall–Kier alpha value is -1.43. The van der Waals surface area contributed by atoms with E-state index >= 15 is 0 Å². The lowest BCUT2D eigenvalue weighted by Crippen LogP contribution is -2.36. The Bertz CT molecular complexity index is 524. The van der Waals surface area contributed by atoms with Gasteiger partial charge in [-0.05, 0) is 45.1 Å². The zero-order valence-corrected chi connectivity index (χ0v) is 14.0. The van der Waals surface area contributed by atoms with Gasteiger partial charge in [-0.25, -0.2) is 0 Å². The molecule has 3 N–H and O–H groups in total. The van der Waals surface area contributed by atoms with Gasteiger partial charge in [0, 0.05) is 11.8 Å². The summed E-state index contributed by atoms with van der Waals surface area (Å²) < 4.78 is 5.40. The van der Waals surface area contributed by atoms with Gasteiger partial charge in [0.1, 0.15) is 6.04 Å². The fourth-order valence-electron chi connectivity index (χ4n) is 4.00. The van der Waals surface area contributed by atoms with Crippen molar-refractivity contribution in [3.05, 3.63) is 11.7 Å². The fraction of sp³-hybridized carbons (Fsp3) is 0.824. The number of nitrogens with one attached hydrogen (secondary N) is 1. The van der Waals surface area contributed by atoms with E-state index in [4.69, 9.17) is 10.3 Å². The second-order valence-electron chi connectivity index (χ2n) is 7.09. The average molecular weight is 320 g/mol. The van der Waals surface area contributed by atoms with E-state index in [9.17, 15) is 4.79 Å². The highest BCUT2D eigenvalue weighted by Gasteiger charge is 2.33. The van der Waals surface area contributed by atoms with Gasteiger partial charge in [0.25, 0.3) is 0 Å². The van der Waals surface area contributed by atoms with E-state index in [-0.39, 0.29) is 17.9 Å². The minimum Gasteiger partial charge on any atom is -0.344 e. The SMILES string of the molecule is CC(NC(=O)[C@@H]1CCC[C@@H]1CN)c1nc(C2CCCCC2)no1. The number of hydrogen-bond donors (Lipinski definition) is 2. The van der Waals surface area contributed by atoms with Crippen molar-refractivity contribution in [2.24, 2.45) is 17.6 Å². The lowest BCUT2D eigenvalue weighted by atomic mass is 9.89. The van der Waals surface area contributed by atoms with Crippen molar-refractivity contribution in [3.8, 4) is 0 Å². The van der Waals surface area contributed by atoms with Gasteiger partial charge in [-0.2, -0.15) is 4.98 Å². The summed E-state index contributed by atoms with van der Waals surface area (Å²) in [4.78, 5) is 17.0. The van der Waals surface area contributed by atoms with Gasteiger partial charge in [-0.1, -0.05) is 30.8 Å². The largest absolute Gasteiger partial charge is 0.344 e. The molecule has 0 saturated heterocycles. The van der Waals surface area contributed by atoms with E-state index in [2.05, 4.69) is 15.5 Å². The highest BCUT2D eigenvalue weighted by atomic mass is 16.5. The van der Waals surface area contributed by atoms with Crippen molar-refractivity contribution in [2.45, 2.75) is 70.3 Å². The maximum atomic E-state index is 12.5. The molecule has 0 radical (unpaired) electrons. The molecule has 3 atom stereocenters. The van der Waals surface area contributed by atoms with Crippen LogP contribution in [0.3, 0.4) is 0 Å². The summed E-state index contributed by atoms with van der Waals surface area (Å²) in [7, 11) is 0. The zero-order valence-electron chi connectivity index (χ0n) is 14.0. The number of rotatable bonds is 5. The van der Waals surface area contributed by atoms with Crippen LogP contribution < -0.4 is 11.1 Å². The summed E-state index contributed by atoms with van der Waals surface area (Å²) in [6.45, 7) is 2.49. The fourth-order valence-corrected chi connectivity index (χ4v) is 4.00. The normalized spacial score (nSPS) is 27.0. The van der Waals surface area contributed by atoms with Gasteiger partial charge in [-0.3, -0.25) is 4.79 Å². The van der Waals surface area contributed by atoms with Gasteiger partial charge in [0.15, 0.2) is 5.82 Å². The first kappa shape index (κ1) is 16.4. The highest BCUT2D eigenvalue weighted by Crippen LogP contribution is 2.33. The van der Waals surface area contributed by atoms with E-state index in [0.29, 0.717) is 24.3 Å². The number of nitrogens with zero attached hydrogens (tertiary/aromatic N) is 2. The van der Waals surface area contributed by atoms with Crippen LogP contribution in [-0.2, 0) is 4.79 Å². The van der Waals surface area contributed by atoms with E-state index in [0.717, 1.165) is 37.9 Å². The van der Waals surface area contributed by atoms with Crippen molar-refractivity contribution in [1.29, 1.82) is 0 Å². The van der Waals surface area contributed by atoms with Crippen LogP contribution in [0.25, 0.3) is 0 Å². The first-order chi connectivity index (χ1) is 11.2. The Balaban J connectivity index is 1.58. The second kappa shape index (κ2) is 7.43. The number of carbonyl (C=O) groups is 1. The van der Waals surface area contributed by atoms with E-state index in [1.807, 2.05) is 6.92 Å². The molecule has 23 heavy (non-hydrogen) atoms. The van der Waals surface area contributed by atoms with Crippen LogP contribution in [0.2, 0.25) is 0 Å². The second-order valence-corrected chi connectivity index (χ2v) is 7.09. The standard InChI is InChI=1S/C17H28N4O2/c1-11(19-16(22)14-9-5-8-13(14)10-18)17-20-15(21-23-17)12-6-3-2-4-7-12/h11-14H,2-10,18H2,1H3,(H,19,22)/t11?,13-,14-/m1/s1. The molecule has 1 aromatic rings. The van der Waals surface area contributed by atoms with Gasteiger partial charge in [-0.15, -0.1) is 0 Å². The van der Waals surface area contributed by atoms with Crippen molar-refractivity contribution in [1.82, 2.24) is 15.5 Å². The quantitative estimate of drug-likeness (QED) is 0.870. The summed E-state index contributed by atoms with van der Waals surface area (Å²) in [5, 5.41) is 7.17. The summed E-state index contributed by atoms with van der Waals surface area (Å²) in [5.41, 5.74) is 5.77. The van der Waals surface area contributed by atoms with Crippen molar-refractivity contribution in [2.75, 3.05) is 6.54 Å². The van der Waals surface area contributed by atoms with Crippen molar-refractivity contribution in [3.63, 3.8) is 0 Å². The van der Waals surface area contributed by atoms with E-state index in [1.165, 1.54) is 19.3 Å². The molecule has 1 aromatic heterocycles. The van der Waals surface area contributed by atoms with Gasteiger partial charge in [0.2, 0.25) is 11.8 Å². The minimum atomic E-state index is -0.244. The van der Waals surface area contributed by atoms with Crippen LogP contribution in [0, 0.1) is 11.8 Å². The first-order valence-corrected chi connectivity index (χ1v) is 9.03. The van der Waals surface area contributed by atoms with Crippen LogP contribution >= 0.6 is 0 Å². The summed E-state index contributed by atoms with van der Waals surface area (Å²) >= 11 is 0. The minimum absolute atomic E-state index is 0.0307. The average Bonchev–Trinajstić information content (AvgIpc) is 3.24. The zero-order chi connectivity index (χ0) is 16.2. The molecule has 0 bridgehead atoms. The van der Waals surface area contributed by atoms with Gasteiger partial charge in [0.05, 0.1) is 0 Å². The number of aromatic nitrogens is 2. The number of carbonyl (C=O) groups excluding carboxylic acids is 1. The topological polar surface area (TPSA) is 94.0 Å². The third-order valence-corrected chi connectivity index (χ3v) is 5.46. The summed E-state index contributed by atoms with van der Waals surface area (Å²) in [6, 6.07) is -0.244. The predicted octanol–water partition coefficient (Wildman–Crippen LogP) is 2.67. The molecule has 2 fully saturated rings. The Labute approximate surface area is 137 Å². The van der Waals surface area contributed by atoms with E-state index < -0.39 is 0 Å². The molecule has 1 unspecified atom stereocenters. The first-order valence-electron chi connectivity index (χ1n) is 9.03. The summed E-state index contributed by atoms with van der Waals surface area (Å²) in [5.74, 6) is 2.15. The molecule has 2 saturated carbocycles. The molecule has 2 aliphatic carbocycles. The molecule has 6 heteroatoms. The Morgan fingerprint density at radius 1 is 1.26 bits per heavy atom. The van der Waals surface area contributed by atoms with Crippen LogP contribution in [0.15, 0.2) is 4.52 Å². The van der Waals surface area contributed by atoms with Crippen LogP contribution in [0.4, 0.5) is 0 Å². The molecule has 3 rings (SSSR count). The molecule has 2 aliphatic rings. The monoisotopic (exact) mass is 320 g/mol. The summed E-state index contributed by atoms with van der Waals surface area (Å²) in [6.07, 6.45) is 9.12. The molecule has 1 heterocycles. The van der Waals surface area contributed by atoms with Gasteiger partial charge < -0.3 is 15.6 Å². The lowest BCUT2D eigenvalue weighted by molar-refractivity contribution is -0.126. The molecule has 1 amide bonds. The lowest BCUT2D eigenvalue weighted by Gasteiger charge is -2.19. The van der Waals surface area contributed by atoms with Crippen LogP contribution in [0.1, 0.15) is 82.0 Å². The van der Waals surface area contributed by atoms with Crippen molar-refractivity contribution >= 4 is 5.91 Å². The Kier molecular flexibility index (Phi) is 5.30. The number of hydrogen-bond acceptors (Lipinski definition) is 5. The molecule has 128 valence electrons. The van der Waals surface area contributed by atoms with Crippen LogP contribution in [-0.4, -0.2) is 22.6 Å². The molecule has 0 aromatic carbocycles. The third-order valence-electron chi connectivity index (χ3n) is 5.46. The maximum absolute atomic E-state index is 12.5. The number of amides is 1.